The second-order valence-corrected chi connectivity index (χ2v) is 3.40. The van der Waals surface area contributed by atoms with E-state index in [2.05, 4.69) is 20.5 Å². The summed E-state index contributed by atoms with van der Waals surface area (Å²) < 4.78 is 13.1. The zero-order valence-corrected chi connectivity index (χ0v) is 9.17. The van der Waals surface area contributed by atoms with Crippen LogP contribution >= 0.6 is 16.1 Å². The van der Waals surface area contributed by atoms with Crippen LogP contribution in [0.25, 0.3) is 0 Å². The molecule has 0 amide bonds. The van der Waals surface area contributed by atoms with Crippen molar-refractivity contribution in [3.8, 4) is 0 Å². The Balaban J connectivity index is 2.48. The minimum absolute atomic E-state index is 0.118. The van der Waals surface area contributed by atoms with E-state index in [9.17, 15) is 4.79 Å². The van der Waals surface area contributed by atoms with Crippen molar-refractivity contribution in [2.24, 2.45) is 5.92 Å². The lowest BCUT2D eigenvalue weighted by Gasteiger charge is -2.28. The molecular formula is C8H14BrNO3. The van der Waals surface area contributed by atoms with Crippen LogP contribution in [-0.2, 0) is 14.3 Å². The summed E-state index contributed by atoms with van der Waals surface area (Å²) in [5, 5.41) is 0. The lowest BCUT2D eigenvalue weighted by atomic mass is 9.97. The van der Waals surface area contributed by atoms with Crippen molar-refractivity contribution in [1.82, 2.24) is 4.34 Å². The molecule has 1 heterocycles. The summed E-state index contributed by atoms with van der Waals surface area (Å²) in [6.45, 7) is 3.36. The molecule has 0 aromatic carbocycles. The van der Waals surface area contributed by atoms with Gasteiger partial charge in [-0.2, -0.15) is 0 Å². The number of nitrogens with one attached hydrogen (secondary N) is 1. The maximum Gasteiger partial charge on any atom is 0.312 e. The smallest absolute Gasteiger partial charge is 0.312 e. The summed E-state index contributed by atoms with van der Waals surface area (Å²) in [6.07, 6.45) is 0.828. The lowest BCUT2D eigenvalue weighted by Crippen LogP contribution is -2.43. The number of esters is 1. The summed E-state index contributed by atoms with van der Waals surface area (Å²) in [6, 6.07) is 0.118. The number of ether oxygens (including phenoxy) is 2. The molecule has 13 heavy (non-hydrogen) atoms. The van der Waals surface area contributed by atoms with Crippen molar-refractivity contribution in [2.75, 3.05) is 19.8 Å². The van der Waals surface area contributed by atoms with Gasteiger partial charge in [-0.25, -0.2) is 0 Å². The first kappa shape index (κ1) is 10.9. The Morgan fingerprint density at radius 3 is 3.15 bits per heavy atom. The van der Waals surface area contributed by atoms with Crippen molar-refractivity contribution in [3.63, 3.8) is 0 Å². The molecule has 1 aliphatic rings. The van der Waals surface area contributed by atoms with E-state index in [1.165, 1.54) is 0 Å². The lowest BCUT2D eigenvalue weighted by molar-refractivity contribution is -0.153. The molecule has 0 radical (unpaired) electrons. The molecular weight excluding hydrogens is 238 g/mol. The minimum atomic E-state index is -0.187. The van der Waals surface area contributed by atoms with Gasteiger partial charge in [-0.05, 0) is 13.3 Å². The van der Waals surface area contributed by atoms with E-state index in [1.807, 2.05) is 0 Å². The average molecular weight is 252 g/mol. The fourth-order valence-corrected chi connectivity index (χ4v) is 1.90. The Labute approximate surface area is 86.3 Å². The van der Waals surface area contributed by atoms with Crippen LogP contribution in [0.3, 0.4) is 0 Å². The van der Waals surface area contributed by atoms with Gasteiger partial charge in [0.05, 0.1) is 19.1 Å². The van der Waals surface area contributed by atoms with Crippen LogP contribution in [0.15, 0.2) is 0 Å². The van der Waals surface area contributed by atoms with Gasteiger partial charge in [0.2, 0.25) is 0 Å². The Morgan fingerprint density at radius 2 is 2.54 bits per heavy atom. The highest BCUT2D eigenvalue weighted by molar-refractivity contribution is 9.08. The van der Waals surface area contributed by atoms with Crippen LogP contribution in [0.1, 0.15) is 13.3 Å². The highest BCUT2D eigenvalue weighted by atomic mass is 79.9. The van der Waals surface area contributed by atoms with E-state index in [1.54, 1.807) is 6.92 Å². The minimum Gasteiger partial charge on any atom is -0.466 e. The standard InChI is InChI=1S/C8H14BrNO3/c1-2-13-8(11)6-5-12-4-3-7(6)10-9/h6-7,10H,2-5H2,1H3/t6-,7+/m0/s1. The number of hydrogen-bond donors (Lipinski definition) is 1. The van der Waals surface area contributed by atoms with E-state index < -0.39 is 0 Å². The molecule has 0 unspecified atom stereocenters. The summed E-state index contributed by atoms with van der Waals surface area (Å²) in [7, 11) is 0. The first-order valence-corrected chi connectivity index (χ1v) is 5.19. The van der Waals surface area contributed by atoms with Crippen LogP contribution < -0.4 is 4.34 Å². The Kier molecular flexibility index (Phi) is 4.69. The number of halogens is 1. The molecule has 0 bridgehead atoms. The quantitative estimate of drug-likeness (QED) is 0.597. The summed E-state index contributed by atoms with van der Waals surface area (Å²) in [5.74, 6) is -0.368. The number of rotatable bonds is 3. The molecule has 5 heteroatoms. The van der Waals surface area contributed by atoms with Crippen LogP contribution in [0, 0.1) is 5.92 Å². The van der Waals surface area contributed by atoms with Gasteiger partial charge in [0.25, 0.3) is 0 Å². The van der Waals surface area contributed by atoms with Crippen molar-refractivity contribution < 1.29 is 14.3 Å². The SMILES string of the molecule is CCOC(=O)[C@H]1COCC[C@H]1NBr. The molecule has 1 N–H and O–H groups in total. The van der Waals surface area contributed by atoms with Gasteiger partial charge in [0.1, 0.15) is 0 Å². The summed E-state index contributed by atoms with van der Waals surface area (Å²) in [5.41, 5.74) is 0. The second kappa shape index (κ2) is 5.57. The zero-order valence-electron chi connectivity index (χ0n) is 7.59. The fraction of sp³-hybridized carbons (Fsp3) is 0.875. The van der Waals surface area contributed by atoms with E-state index in [-0.39, 0.29) is 17.9 Å². The number of carbonyl (C=O) groups excluding carboxylic acids is 1. The van der Waals surface area contributed by atoms with Gasteiger partial charge in [-0.3, -0.25) is 9.14 Å². The van der Waals surface area contributed by atoms with Crippen molar-refractivity contribution in [3.05, 3.63) is 0 Å². The summed E-state index contributed by atoms with van der Waals surface area (Å²) >= 11 is 3.16. The van der Waals surface area contributed by atoms with Gasteiger partial charge in [0, 0.05) is 28.8 Å². The fourth-order valence-electron chi connectivity index (χ4n) is 1.35. The van der Waals surface area contributed by atoms with E-state index in [4.69, 9.17) is 9.47 Å². The third-order valence-electron chi connectivity index (χ3n) is 2.09. The monoisotopic (exact) mass is 251 g/mol. The molecule has 0 aliphatic carbocycles. The van der Waals surface area contributed by atoms with Gasteiger partial charge in [-0.15, -0.1) is 0 Å². The molecule has 0 spiro atoms. The maximum atomic E-state index is 11.4. The topological polar surface area (TPSA) is 47.6 Å². The third-order valence-corrected chi connectivity index (χ3v) is 2.67. The molecule has 0 aromatic heterocycles. The van der Waals surface area contributed by atoms with Crippen molar-refractivity contribution in [1.29, 1.82) is 0 Å². The van der Waals surface area contributed by atoms with Gasteiger partial charge in [0.15, 0.2) is 0 Å². The molecule has 2 atom stereocenters. The number of hydrogen-bond acceptors (Lipinski definition) is 4. The maximum absolute atomic E-state index is 11.4. The number of carbonyl (C=O) groups is 1. The van der Waals surface area contributed by atoms with Crippen molar-refractivity contribution >= 4 is 22.1 Å². The second-order valence-electron chi connectivity index (χ2n) is 2.94. The van der Waals surface area contributed by atoms with Crippen LogP contribution in [-0.4, -0.2) is 31.8 Å². The molecule has 76 valence electrons. The molecule has 1 rings (SSSR count). The first-order valence-electron chi connectivity index (χ1n) is 4.40. The highest BCUT2D eigenvalue weighted by Crippen LogP contribution is 2.17. The van der Waals surface area contributed by atoms with Gasteiger partial charge in [-0.1, -0.05) is 0 Å². The highest BCUT2D eigenvalue weighted by Gasteiger charge is 2.32. The van der Waals surface area contributed by atoms with E-state index in [0.29, 0.717) is 19.8 Å². The predicted octanol–water partition coefficient (Wildman–Crippen LogP) is 0.854. The molecule has 1 aliphatic heterocycles. The predicted molar refractivity (Wildman–Crippen MR) is 51.4 cm³/mol. The summed E-state index contributed by atoms with van der Waals surface area (Å²) in [4.78, 5) is 11.4. The van der Waals surface area contributed by atoms with Crippen LogP contribution in [0.2, 0.25) is 0 Å². The molecule has 1 fully saturated rings. The molecule has 0 aromatic rings. The normalized spacial score (nSPS) is 28.5. The Bertz CT molecular complexity index is 177. The largest absolute Gasteiger partial charge is 0.466 e. The molecule has 0 saturated carbocycles. The zero-order chi connectivity index (χ0) is 9.68. The Hall–Kier alpha value is -0.130. The van der Waals surface area contributed by atoms with Gasteiger partial charge < -0.3 is 9.47 Å². The van der Waals surface area contributed by atoms with E-state index in [0.717, 1.165) is 6.42 Å². The molecule has 1 saturated heterocycles. The average Bonchev–Trinajstić information content (AvgIpc) is 2.18. The van der Waals surface area contributed by atoms with Gasteiger partial charge >= 0.3 is 5.97 Å². The van der Waals surface area contributed by atoms with Crippen molar-refractivity contribution in [2.45, 2.75) is 19.4 Å². The molecule has 4 nitrogen and oxygen atoms in total. The van der Waals surface area contributed by atoms with E-state index >= 15 is 0 Å². The third kappa shape index (κ3) is 2.93. The van der Waals surface area contributed by atoms with Crippen LogP contribution in [0.5, 0.6) is 0 Å². The Morgan fingerprint density at radius 1 is 1.77 bits per heavy atom. The first-order chi connectivity index (χ1) is 6.29. The van der Waals surface area contributed by atoms with Crippen LogP contribution in [0.4, 0.5) is 0 Å².